The molecule has 0 aliphatic rings. The number of rotatable bonds is 38. The third kappa shape index (κ3) is 40.6. The van der Waals surface area contributed by atoms with Gasteiger partial charge in [-0.1, -0.05) is 200 Å². The van der Waals surface area contributed by atoms with E-state index in [0.717, 1.165) is 51.9 Å². The Morgan fingerprint density at radius 3 is 0.574 bits per heavy atom. The first-order chi connectivity index (χ1) is 23.2. The van der Waals surface area contributed by atoms with Crippen LogP contribution in [0.15, 0.2) is 0 Å². The second-order valence-electron chi connectivity index (χ2n) is 14.3. The van der Waals surface area contributed by atoms with Crippen molar-refractivity contribution >= 4 is 12.1 Å². The van der Waals surface area contributed by atoms with Crippen molar-refractivity contribution in [1.29, 1.82) is 0 Å². The lowest BCUT2D eigenvalue weighted by Crippen LogP contribution is -2.36. The van der Waals surface area contributed by atoms with Crippen LogP contribution < -0.4 is 21.3 Å². The quantitative estimate of drug-likeness (QED) is 0.0495. The zero-order valence-electron chi connectivity index (χ0n) is 32.0. The summed E-state index contributed by atoms with van der Waals surface area (Å²) >= 11 is 0. The van der Waals surface area contributed by atoms with Crippen molar-refractivity contribution in [2.75, 3.05) is 26.2 Å². The topological polar surface area (TPSA) is 82.3 Å². The largest absolute Gasteiger partial charge is 0.338 e. The summed E-state index contributed by atoms with van der Waals surface area (Å²) < 4.78 is 0. The zero-order chi connectivity index (χ0) is 34.1. The fraction of sp³-hybridized carbons (Fsp3) is 0.951. The van der Waals surface area contributed by atoms with E-state index in [9.17, 15) is 9.59 Å². The van der Waals surface area contributed by atoms with Gasteiger partial charge in [-0.3, -0.25) is 0 Å². The molecular formula is C41H84N4O2. The van der Waals surface area contributed by atoms with Crippen LogP contribution >= 0.6 is 0 Å². The molecule has 0 aromatic carbocycles. The van der Waals surface area contributed by atoms with Crippen LogP contribution in [0, 0.1) is 0 Å². The van der Waals surface area contributed by atoms with Crippen LogP contribution in [0.25, 0.3) is 0 Å². The van der Waals surface area contributed by atoms with E-state index in [-0.39, 0.29) is 12.1 Å². The molecule has 280 valence electrons. The van der Waals surface area contributed by atoms with Gasteiger partial charge in [-0.05, 0) is 25.7 Å². The summed E-state index contributed by atoms with van der Waals surface area (Å²) in [6.45, 7) is 7.75. The monoisotopic (exact) mass is 665 g/mol. The molecule has 47 heavy (non-hydrogen) atoms. The fourth-order valence-electron chi connectivity index (χ4n) is 6.35. The SMILES string of the molecule is CCCCCCCCCCCCNC(=O)NCCCCCCCCCCCCCCCNC(=O)NCCCCCCCCCCCC. The highest BCUT2D eigenvalue weighted by atomic mass is 16.2. The molecule has 6 nitrogen and oxygen atoms in total. The van der Waals surface area contributed by atoms with E-state index in [2.05, 4.69) is 35.1 Å². The number of urea groups is 2. The first-order valence-electron chi connectivity index (χ1n) is 21.2. The van der Waals surface area contributed by atoms with E-state index >= 15 is 0 Å². The van der Waals surface area contributed by atoms with Gasteiger partial charge in [0.1, 0.15) is 0 Å². The van der Waals surface area contributed by atoms with Crippen molar-refractivity contribution in [3.63, 3.8) is 0 Å². The predicted molar refractivity (Wildman–Crippen MR) is 207 cm³/mol. The smallest absolute Gasteiger partial charge is 0.314 e. The third-order valence-electron chi connectivity index (χ3n) is 9.56. The van der Waals surface area contributed by atoms with E-state index < -0.39 is 0 Å². The molecule has 0 spiro atoms. The van der Waals surface area contributed by atoms with Crippen molar-refractivity contribution in [3.05, 3.63) is 0 Å². The molecule has 4 N–H and O–H groups in total. The van der Waals surface area contributed by atoms with E-state index in [1.807, 2.05) is 0 Å². The average molecular weight is 665 g/mol. The third-order valence-corrected chi connectivity index (χ3v) is 9.56. The van der Waals surface area contributed by atoms with E-state index in [4.69, 9.17) is 0 Å². The van der Waals surface area contributed by atoms with Gasteiger partial charge in [-0.15, -0.1) is 0 Å². The molecule has 0 saturated heterocycles. The minimum Gasteiger partial charge on any atom is -0.338 e. The van der Waals surface area contributed by atoms with Crippen LogP contribution in [0.2, 0.25) is 0 Å². The minimum atomic E-state index is 0.00927. The van der Waals surface area contributed by atoms with Crippen molar-refractivity contribution in [1.82, 2.24) is 21.3 Å². The Morgan fingerprint density at radius 1 is 0.255 bits per heavy atom. The Labute approximate surface area is 294 Å². The molecule has 0 aromatic rings. The lowest BCUT2D eigenvalue weighted by molar-refractivity contribution is 0.239. The summed E-state index contributed by atoms with van der Waals surface area (Å²) in [7, 11) is 0. The summed E-state index contributed by atoms with van der Waals surface area (Å²) in [6, 6.07) is 0.0185. The predicted octanol–water partition coefficient (Wildman–Crippen LogP) is 12.5. The number of hydrogen-bond donors (Lipinski definition) is 4. The Hall–Kier alpha value is -1.46. The highest BCUT2D eigenvalue weighted by Gasteiger charge is 2.01. The maximum Gasteiger partial charge on any atom is 0.314 e. The van der Waals surface area contributed by atoms with Gasteiger partial charge in [0.25, 0.3) is 0 Å². The Kier molecular flexibility index (Phi) is 39.4. The van der Waals surface area contributed by atoms with Gasteiger partial charge in [0.05, 0.1) is 0 Å². The van der Waals surface area contributed by atoms with Gasteiger partial charge in [-0.2, -0.15) is 0 Å². The van der Waals surface area contributed by atoms with Crippen molar-refractivity contribution in [3.8, 4) is 0 Å². The second-order valence-corrected chi connectivity index (χ2v) is 14.3. The summed E-state index contributed by atoms with van der Waals surface area (Å²) in [5.74, 6) is 0. The maximum absolute atomic E-state index is 11.9. The second kappa shape index (κ2) is 40.7. The molecule has 0 rings (SSSR count). The van der Waals surface area contributed by atoms with Gasteiger partial charge in [0, 0.05) is 26.2 Å². The van der Waals surface area contributed by atoms with Gasteiger partial charge in [-0.25, -0.2) is 9.59 Å². The van der Waals surface area contributed by atoms with Crippen LogP contribution in [-0.4, -0.2) is 38.2 Å². The normalized spacial score (nSPS) is 11.1. The molecule has 0 heterocycles. The van der Waals surface area contributed by atoms with Gasteiger partial charge in [0.2, 0.25) is 0 Å². The van der Waals surface area contributed by atoms with Crippen LogP contribution in [-0.2, 0) is 0 Å². The molecule has 0 atom stereocenters. The van der Waals surface area contributed by atoms with Crippen LogP contribution in [0.1, 0.15) is 226 Å². The maximum atomic E-state index is 11.9. The Bertz CT molecular complexity index is 579. The standard InChI is InChI=1S/C41H84N4O2/c1-3-5-7-9-11-13-20-24-28-32-36-42-40(46)44-38-34-30-26-22-18-16-15-17-19-23-27-31-35-39-45-41(47)43-37-33-29-25-21-14-12-10-8-6-4-2/h3-39H2,1-2H3,(H2,42,44,46)(H2,43,45,47). The summed E-state index contributed by atoms with van der Waals surface area (Å²) in [5, 5.41) is 12.1. The number of amides is 4. The fourth-order valence-corrected chi connectivity index (χ4v) is 6.35. The lowest BCUT2D eigenvalue weighted by Gasteiger charge is -2.08. The van der Waals surface area contributed by atoms with Crippen LogP contribution in [0.3, 0.4) is 0 Å². The average Bonchev–Trinajstić information content (AvgIpc) is 3.07. The zero-order valence-corrected chi connectivity index (χ0v) is 32.0. The number of carbonyl (C=O) groups is 2. The number of hydrogen-bond acceptors (Lipinski definition) is 2. The summed E-state index contributed by atoms with van der Waals surface area (Å²) in [4.78, 5) is 23.9. The van der Waals surface area contributed by atoms with Crippen molar-refractivity contribution < 1.29 is 9.59 Å². The van der Waals surface area contributed by atoms with Gasteiger partial charge >= 0.3 is 12.1 Å². The number of unbranched alkanes of at least 4 members (excludes halogenated alkanes) is 30. The molecule has 0 radical (unpaired) electrons. The van der Waals surface area contributed by atoms with E-state index in [1.165, 1.54) is 186 Å². The van der Waals surface area contributed by atoms with Crippen molar-refractivity contribution in [2.45, 2.75) is 226 Å². The van der Waals surface area contributed by atoms with Gasteiger partial charge in [0.15, 0.2) is 0 Å². The van der Waals surface area contributed by atoms with Crippen molar-refractivity contribution in [2.24, 2.45) is 0 Å². The summed E-state index contributed by atoms with van der Waals surface area (Å²) in [5.41, 5.74) is 0. The molecule has 4 amide bonds. The summed E-state index contributed by atoms with van der Waals surface area (Å²) in [6.07, 6.45) is 43.1. The van der Waals surface area contributed by atoms with Crippen LogP contribution in [0.5, 0.6) is 0 Å². The van der Waals surface area contributed by atoms with E-state index in [0.29, 0.717) is 0 Å². The Balaban J connectivity index is 3.20. The highest BCUT2D eigenvalue weighted by molar-refractivity contribution is 5.74. The first-order valence-corrected chi connectivity index (χ1v) is 21.2. The lowest BCUT2D eigenvalue weighted by atomic mass is 10.0. The number of carbonyl (C=O) groups excluding carboxylic acids is 2. The molecule has 6 heteroatoms. The first kappa shape index (κ1) is 45.5. The molecule has 0 bridgehead atoms. The molecule has 0 fully saturated rings. The molecular weight excluding hydrogens is 580 g/mol. The van der Waals surface area contributed by atoms with Gasteiger partial charge < -0.3 is 21.3 Å². The van der Waals surface area contributed by atoms with E-state index in [1.54, 1.807) is 0 Å². The molecule has 0 saturated carbocycles. The Morgan fingerprint density at radius 2 is 0.404 bits per heavy atom. The molecule has 0 unspecified atom stereocenters. The highest BCUT2D eigenvalue weighted by Crippen LogP contribution is 2.13. The van der Waals surface area contributed by atoms with Crippen LogP contribution in [0.4, 0.5) is 9.59 Å². The minimum absolute atomic E-state index is 0.00927. The molecule has 0 aliphatic heterocycles. The molecule has 0 aliphatic carbocycles. The number of nitrogens with one attached hydrogen (secondary N) is 4. The molecule has 0 aromatic heterocycles.